The van der Waals surface area contributed by atoms with Crippen molar-refractivity contribution in [1.82, 2.24) is 4.98 Å². The van der Waals surface area contributed by atoms with Crippen LogP contribution >= 0.6 is 0 Å². The molecule has 1 aliphatic heterocycles. The molecule has 2 aromatic carbocycles. The summed E-state index contributed by atoms with van der Waals surface area (Å²) >= 11 is 0. The van der Waals surface area contributed by atoms with E-state index in [4.69, 9.17) is 14.9 Å². The number of fused-ring (bicyclic) bond motifs is 2. The Kier molecular flexibility index (Phi) is 4.90. The SMILES string of the molecule is Cc1cccc(N2C(=O)c3oc4ccccc4c(=O)c3[C@@H]2c2ccc(OCC(N)=O)cc2)n1. The summed E-state index contributed by atoms with van der Waals surface area (Å²) in [7, 11) is 0. The van der Waals surface area contributed by atoms with Gasteiger partial charge in [-0.15, -0.1) is 0 Å². The van der Waals surface area contributed by atoms with E-state index in [2.05, 4.69) is 4.98 Å². The van der Waals surface area contributed by atoms with Gasteiger partial charge < -0.3 is 14.9 Å². The molecule has 1 atom stereocenters. The minimum Gasteiger partial charge on any atom is -0.484 e. The molecule has 4 aromatic rings. The van der Waals surface area contributed by atoms with Crippen molar-refractivity contribution in [2.45, 2.75) is 13.0 Å². The van der Waals surface area contributed by atoms with Crippen LogP contribution < -0.4 is 20.8 Å². The second-order valence-electron chi connectivity index (χ2n) is 7.71. The summed E-state index contributed by atoms with van der Waals surface area (Å²) < 4.78 is 11.3. The molecule has 0 bridgehead atoms. The lowest BCUT2D eigenvalue weighted by molar-refractivity contribution is -0.119. The van der Waals surface area contributed by atoms with Crippen LogP contribution in [0.2, 0.25) is 0 Å². The lowest BCUT2D eigenvalue weighted by atomic mass is 9.98. The van der Waals surface area contributed by atoms with E-state index in [0.717, 1.165) is 5.69 Å². The number of nitrogens with zero attached hydrogens (tertiary/aromatic N) is 2. The molecule has 0 fully saturated rings. The fraction of sp³-hybridized carbons (Fsp3) is 0.120. The molecule has 8 heteroatoms. The molecular formula is C25H19N3O5. The van der Waals surface area contributed by atoms with Gasteiger partial charge in [-0.1, -0.05) is 30.3 Å². The highest BCUT2D eigenvalue weighted by molar-refractivity contribution is 6.10. The summed E-state index contributed by atoms with van der Waals surface area (Å²) in [4.78, 5) is 44.0. The molecule has 0 saturated heterocycles. The van der Waals surface area contributed by atoms with E-state index in [-0.39, 0.29) is 23.4 Å². The number of carbonyl (C=O) groups excluding carboxylic acids is 2. The average Bonchev–Trinajstić information content (AvgIpc) is 3.11. The summed E-state index contributed by atoms with van der Waals surface area (Å²) in [6, 6.07) is 18.2. The minimum absolute atomic E-state index is 0.000982. The number of rotatable bonds is 5. The maximum absolute atomic E-state index is 13.5. The van der Waals surface area contributed by atoms with Crippen LogP contribution in [-0.2, 0) is 4.79 Å². The Bertz CT molecular complexity index is 1460. The van der Waals surface area contributed by atoms with Gasteiger partial charge in [0.25, 0.3) is 11.8 Å². The molecule has 164 valence electrons. The van der Waals surface area contributed by atoms with Crippen molar-refractivity contribution in [3.8, 4) is 5.75 Å². The predicted octanol–water partition coefficient (Wildman–Crippen LogP) is 3.11. The number of carbonyl (C=O) groups is 2. The number of aryl methyl sites for hydroxylation is 1. The van der Waals surface area contributed by atoms with Crippen LogP contribution in [0.5, 0.6) is 5.75 Å². The summed E-state index contributed by atoms with van der Waals surface area (Å²) in [5.74, 6) is -0.177. The van der Waals surface area contributed by atoms with E-state index in [0.29, 0.717) is 28.1 Å². The normalized spacial score (nSPS) is 15.0. The fourth-order valence-electron chi connectivity index (χ4n) is 4.04. The molecule has 0 aliphatic carbocycles. The molecule has 2 aromatic heterocycles. The third-order valence-corrected chi connectivity index (χ3v) is 5.48. The first-order chi connectivity index (χ1) is 15.9. The maximum Gasteiger partial charge on any atom is 0.296 e. The van der Waals surface area contributed by atoms with Crippen molar-refractivity contribution in [1.29, 1.82) is 0 Å². The lowest BCUT2D eigenvalue weighted by Gasteiger charge is -2.24. The van der Waals surface area contributed by atoms with Crippen LogP contribution in [0.15, 0.2) is 75.9 Å². The molecule has 0 unspecified atom stereocenters. The second kappa shape index (κ2) is 7.90. The first-order valence-corrected chi connectivity index (χ1v) is 10.3. The van der Waals surface area contributed by atoms with Gasteiger partial charge in [-0.05, 0) is 48.9 Å². The smallest absolute Gasteiger partial charge is 0.296 e. The third kappa shape index (κ3) is 3.51. The Labute approximate surface area is 188 Å². The second-order valence-corrected chi connectivity index (χ2v) is 7.71. The zero-order chi connectivity index (χ0) is 23.1. The number of nitrogens with two attached hydrogens (primary N) is 1. The van der Waals surface area contributed by atoms with Gasteiger partial charge in [0.1, 0.15) is 17.2 Å². The molecule has 0 radical (unpaired) electrons. The average molecular weight is 441 g/mol. The van der Waals surface area contributed by atoms with Gasteiger partial charge in [-0.25, -0.2) is 4.98 Å². The highest BCUT2D eigenvalue weighted by Gasteiger charge is 2.44. The highest BCUT2D eigenvalue weighted by Crippen LogP contribution is 2.40. The number of anilines is 1. The van der Waals surface area contributed by atoms with Gasteiger partial charge in [-0.3, -0.25) is 19.3 Å². The molecule has 8 nitrogen and oxygen atoms in total. The van der Waals surface area contributed by atoms with Crippen molar-refractivity contribution >= 4 is 28.6 Å². The zero-order valence-corrected chi connectivity index (χ0v) is 17.6. The Morgan fingerprint density at radius 2 is 1.82 bits per heavy atom. The van der Waals surface area contributed by atoms with E-state index in [1.165, 1.54) is 4.90 Å². The largest absolute Gasteiger partial charge is 0.484 e. The van der Waals surface area contributed by atoms with Crippen LogP contribution in [-0.4, -0.2) is 23.4 Å². The topological polar surface area (TPSA) is 116 Å². The van der Waals surface area contributed by atoms with Crippen molar-refractivity contribution in [3.05, 3.63) is 99.5 Å². The standard InChI is InChI=1S/C25H19N3O5/c1-14-5-4-8-20(27-14)28-22(15-9-11-16(12-10-15)32-13-19(26)29)21-23(30)17-6-2-3-7-18(17)33-24(21)25(28)31/h2-12,22H,13H2,1H3,(H2,26,29)/t22-/m0/s1. The Morgan fingerprint density at radius 1 is 1.06 bits per heavy atom. The van der Waals surface area contributed by atoms with Gasteiger partial charge in [0, 0.05) is 5.69 Å². The number of primary amides is 1. The molecule has 1 aliphatic rings. The summed E-state index contributed by atoms with van der Waals surface area (Å²) in [6.07, 6.45) is 0. The number of ether oxygens (including phenoxy) is 1. The summed E-state index contributed by atoms with van der Waals surface area (Å²) in [5.41, 5.74) is 6.87. The Hall–Kier alpha value is -4.46. The monoisotopic (exact) mass is 441 g/mol. The van der Waals surface area contributed by atoms with Gasteiger partial charge in [0.2, 0.25) is 5.76 Å². The molecular weight excluding hydrogens is 422 g/mol. The van der Waals surface area contributed by atoms with Crippen molar-refractivity contribution in [2.24, 2.45) is 5.73 Å². The number of hydrogen-bond donors (Lipinski definition) is 1. The van der Waals surface area contributed by atoms with Crippen molar-refractivity contribution in [3.63, 3.8) is 0 Å². The van der Waals surface area contributed by atoms with Gasteiger partial charge in [-0.2, -0.15) is 0 Å². The van der Waals surface area contributed by atoms with Gasteiger partial charge >= 0.3 is 0 Å². The molecule has 5 rings (SSSR count). The van der Waals surface area contributed by atoms with E-state index in [9.17, 15) is 14.4 Å². The van der Waals surface area contributed by atoms with Crippen molar-refractivity contribution in [2.75, 3.05) is 11.5 Å². The van der Waals surface area contributed by atoms with Crippen LogP contribution in [0.3, 0.4) is 0 Å². The highest BCUT2D eigenvalue weighted by atomic mass is 16.5. The van der Waals surface area contributed by atoms with Crippen LogP contribution in [0.1, 0.15) is 33.4 Å². The van der Waals surface area contributed by atoms with E-state index >= 15 is 0 Å². The van der Waals surface area contributed by atoms with E-state index in [1.807, 2.05) is 13.0 Å². The van der Waals surface area contributed by atoms with Crippen LogP contribution in [0.4, 0.5) is 5.82 Å². The molecule has 2 amide bonds. The number of para-hydroxylation sites is 1. The number of aromatic nitrogens is 1. The summed E-state index contributed by atoms with van der Waals surface area (Å²) in [6.45, 7) is 1.58. The number of hydrogen-bond acceptors (Lipinski definition) is 6. The van der Waals surface area contributed by atoms with Crippen LogP contribution in [0.25, 0.3) is 11.0 Å². The summed E-state index contributed by atoms with van der Waals surface area (Å²) in [5, 5.41) is 0.398. The quantitative estimate of drug-likeness (QED) is 0.509. The molecule has 33 heavy (non-hydrogen) atoms. The Morgan fingerprint density at radius 3 is 2.55 bits per heavy atom. The maximum atomic E-state index is 13.5. The number of amides is 2. The predicted molar refractivity (Wildman–Crippen MR) is 121 cm³/mol. The van der Waals surface area contributed by atoms with E-state index < -0.39 is 17.9 Å². The lowest BCUT2D eigenvalue weighted by Crippen LogP contribution is -2.30. The first kappa shape index (κ1) is 20.4. The zero-order valence-electron chi connectivity index (χ0n) is 17.6. The van der Waals surface area contributed by atoms with Crippen LogP contribution in [0, 0.1) is 6.92 Å². The molecule has 2 N–H and O–H groups in total. The van der Waals surface area contributed by atoms with Crippen molar-refractivity contribution < 1.29 is 18.7 Å². The number of benzene rings is 2. The molecule has 0 saturated carbocycles. The minimum atomic E-state index is -0.743. The first-order valence-electron chi connectivity index (χ1n) is 10.3. The van der Waals surface area contributed by atoms with Gasteiger partial charge in [0.15, 0.2) is 12.0 Å². The fourth-order valence-corrected chi connectivity index (χ4v) is 4.04. The molecule has 0 spiro atoms. The number of pyridine rings is 1. The Balaban J connectivity index is 1.69. The van der Waals surface area contributed by atoms with Gasteiger partial charge in [0.05, 0.1) is 17.0 Å². The molecule has 3 heterocycles. The third-order valence-electron chi connectivity index (χ3n) is 5.48. The van der Waals surface area contributed by atoms with E-state index in [1.54, 1.807) is 60.7 Å².